The summed E-state index contributed by atoms with van der Waals surface area (Å²) in [5.41, 5.74) is -0.472. The standard InChI is InChI=1S/C10H12N2O5S/c1-17-3-2-4-18-9-8(12(15)16)5-7(6-11-9)10(13)14/h5-6H,2-4H2,1H3,(H,13,14). The fourth-order valence-electron chi connectivity index (χ4n) is 1.17. The molecule has 7 nitrogen and oxygen atoms in total. The molecule has 0 amide bonds. The lowest BCUT2D eigenvalue weighted by Gasteiger charge is -2.02. The fraction of sp³-hybridized carbons (Fsp3) is 0.400. The SMILES string of the molecule is COCCCSc1ncc(C(=O)O)cc1[N+](=O)[O-]. The van der Waals surface area contributed by atoms with E-state index < -0.39 is 10.9 Å². The van der Waals surface area contributed by atoms with Crippen molar-refractivity contribution in [2.75, 3.05) is 19.5 Å². The maximum Gasteiger partial charge on any atom is 0.337 e. The minimum atomic E-state index is -1.23. The van der Waals surface area contributed by atoms with Crippen LogP contribution in [0.25, 0.3) is 0 Å². The van der Waals surface area contributed by atoms with Gasteiger partial charge in [-0.25, -0.2) is 9.78 Å². The van der Waals surface area contributed by atoms with Gasteiger partial charge < -0.3 is 9.84 Å². The Morgan fingerprint density at radius 3 is 2.94 bits per heavy atom. The molecule has 1 rings (SSSR count). The number of nitro groups is 1. The molecule has 0 unspecified atom stereocenters. The molecule has 0 saturated carbocycles. The molecule has 0 radical (unpaired) electrons. The van der Waals surface area contributed by atoms with Crippen molar-refractivity contribution in [1.82, 2.24) is 4.98 Å². The van der Waals surface area contributed by atoms with Gasteiger partial charge >= 0.3 is 11.7 Å². The van der Waals surface area contributed by atoms with E-state index in [2.05, 4.69) is 4.98 Å². The number of pyridine rings is 1. The normalized spacial score (nSPS) is 10.3. The van der Waals surface area contributed by atoms with Gasteiger partial charge in [0.25, 0.3) is 0 Å². The van der Waals surface area contributed by atoms with Crippen molar-refractivity contribution in [1.29, 1.82) is 0 Å². The minimum absolute atomic E-state index is 0.192. The van der Waals surface area contributed by atoms with Gasteiger partial charge in [0.05, 0.1) is 10.5 Å². The molecule has 1 aromatic rings. The van der Waals surface area contributed by atoms with Crippen molar-refractivity contribution >= 4 is 23.4 Å². The molecular weight excluding hydrogens is 260 g/mol. The van der Waals surface area contributed by atoms with Gasteiger partial charge in [0.2, 0.25) is 0 Å². The van der Waals surface area contributed by atoms with E-state index in [4.69, 9.17) is 9.84 Å². The maximum atomic E-state index is 10.8. The highest BCUT2D eigenvalue weighted by Gasteiger charge is 2.18. The highest BCUT2D eigenvalue weighted by molar-refractivity contribution is 7.99. The first-order valence-electron chi connectivity index (χ1n) is 5.05. The Kier molecular flexibility index (Phi) is 5.53. The van der Waals surface area contributed by atoms with E-state index in [0.29, 0.717) is 12.4 Å². The van der Waals surface area contributed by atoms with Crippen LogP contribution in [0, 0.1) is 10.1 Å². The van der Waals surface area contributed by atoms with Crippen LogP contribution in [-0.4, -0.2) is 40.5 Å². The quantitative estimate of drug-likeness (QED) is 0.349. The van der Waals surface area contributed by atoms with Gasteiger partial charge in [-0.05, 0) is 6.42 Å². The van der Waals surface area contributed by atoms with Crippen LogP contribution in [0.1, 0.15) is 16.8 Å². The molecule has 0 atom stereocenters. The number of methoxy groups -OCH3 is 1. The molecular formula is C10H12N2O5S. The van der Waals surface area contributed by atoms with Crippen LogP contribution in [0.3, 0.4) is 0 Å². The molecule has 0 aliphatic heterocycles. The largest absolute Gasteiger partial charge is 0.478 e. The molecule has 1 heterocycles. The van der Waals surface area contributed by atoms with Crippen molar-refractivity contribution in [3.8, 4) is 0 Å². The molecule has 1 aromatic heterocycles. The second-order valence-corrected chi connectivity index (χ2v) is 4.39. The van der Waals surface area contributed by atoms with E-state index in [1.54, 1.807) is 7.11 Å². The smallest absolute Gasteiger partial charge is 0.337 e. The molecule has 0 saturated heterocycles. The van der Waals surface area contributed by atoms with Crippen LogP contribution in [0.5, 0.6) is 0 Å². The Hall–Kier alpha value is -1.67. The number of hydrogen-bond donors (Lipinski definition) is 1. The second kappa shape index (κ2) is 6.92. The minimum Gasteiger partial charge on any atom is -0.478 e. The summed E-state index contributed by atoms with van der Waals surface area (Å²) in [4.78, 5) is 24.7. The topological polar surface area (TPSA) is 103 Å². The van der Waals surface area contributed by atoms with Crippen LogP contribution in [0.15, 0.2) is 17.3 Å². The number of carboxylic acid groups (broad SMARTS) is 1. The summed E-state index contributed by atoms with van der Waals surface area (Å²) < 4.78 is 4.86. The number of aromatic nitrogens is 1. The zero-order valence-electron chi connectivity index (χ0n) is 9.66. The highest BCUT2D eigenvalue weighted by Crippen LogP contribution is 2.28. The molecule has 0 aliphatic carbocycles. The van der Waals surface area contributed by atoms with Crippen molar-refractivity contribution in [2.45, 2.75) is 11.4 Å². The third-order valence-electron chi connectivity index (χ3n) is 2.01. The highest BCUT2D eigenvalue weighted by atomic mass is 32.2. The van der Waals surface area contributed by atoms with E-state index in [0.717, 1.165) is 18.7 Å². The van der Waals surface area contributed by atoms with Gasteiger partial charge in [0, 0.05) is 31.7 Å². The predicted molar refractivity (Wildman–Crippen MR) is 65.1 cm³/mol. The zero-order chi connectivity index (χ0) is 13.5. The third kappa shape index (κ3) is 3.97. The van der Waals surface area contributed by atoms with E-state index in [-0.39, 0.29) is 16.3 Å². The first-order valence-corrected chi connectivity index (χ1v) is 6.04. The summed E-state index contributed by atoms with van der Waals surface area (Å²) in [6, 6.07) is 1.02. The van der Waals surface area contributed by atoms with Gasteiger partial charge in [-0.2, -0.15) is 0 Å². The molecule has 0 aromatic carbocycles. The Balaban J connectivity index is 2.83. The molecule has 0 fully saturated rings. The lowest BCUT2D eigenvalue weighted by atomic mass is 10.3. The first-order chi connectivity index (χ1) is 8.56. The van der Waals surface area contributed by atoms with Gasteiger partial charge in [0.1, 0.15) is 0 Å². The van der Waals surface area contributed by atoms with Crippen LogP contribution < -0.4 is 0 Å². The van der Waals surface area contributed by atoms with Gasteiger partial charge in [-0.1, -0.05) is 11.8 Å². The van der Waals surface area contributed by atoms with E-state index in [1.165, 1.54) is 11.8 Å². The van der Waals surface area contributed by atoms with Crippen molar-refractivity contribution in [3.05, 3.63) is 27.9 Å². The molecule has 18 heavy (non-hydrogen) atoms. The van der Waals surface area contributed by atoms with Crippen molar-refractivity contribution in [2.24, 2.45) is 0 Å². The zero-order valence-corrected chi connectivity index (χ0v) is 10.5. The number of carbonyl (C=O) groups is 1. The number of aromatic carboxylic acids is 1. The number of hydrogen-bond acceptors (Lipinski definition) is 6. The molecule has 0 spiro atoms. The van der Waals surface area contributed by atoms with Gasteiger partial charge in [0.15, 0.2) is 5.03 Å². The number of rotatable bonds is 7. The third-order valence-corrected chi connectivity index (χ3v) is 3.09. The Labute approximate surface area is 107 Å². The second-order valence-electron chi connectivity index (χ2n) is 3.31. The predicted octanol–water partition coefficient (Wildman–Crippen LogP) is 1.82. The van der Waals surface area contributed by atoms with Gasteiger partial charge in [-0.15, -0.1) is 0 Å². The van der Waals surface area contributed by atoms with Crippen molar-refractivity contribution in [3.63, 3.8) is 0 Å². The molecule has 0 bridgehead atoms. The summed E-state index contributed by atoms with van der Waals surface area (Å²) in [7, 11) is 1.58. The number of carboxylic acids is 1. The van der Waals surface area contributed by atoms with E-state index >= 15 is 0 Å². The van der Waals surface area contributed by atoms with Crippen LogP contribution in [0.4, 0.5) is 5.69 Å². The molecule has 1 N–H and O–H groups in total. The Bertz CT molecular complexity index is 452. The Morgan fingerprint density at radius 2 is 2.39 bits per heavy atom. The van der Waals surface area contributed by atoms with Crippen LogP contribution in [-0.2, 0) is 4.74 Å². The summed E-state index contributed by atoms with van der Waals surface area (Å²) >= 11 is 1.21. The average molecular weight is 272 g/mol. The summed E-state index contributed by atoms with van der Waals surface area (Å²) in [6.45, 7) is 0.563. The molecule has 0 aliphatic rings. The average Bonchev–Trinajstić information content (AvgIpc) is 2.34. The molecule has 8 heteroatoms. The first kappa shape index (κ1) is 14.4. The fourth-order valence-corrected chi connectivity index (χ4v) is 2.04. The monoisotopic (exact) mass is 272 g/mol. The number of thioether (sulfide) groups is 1. The van der Waals surface area contributed by atoms with E-state index in [1.807, 2.05) is 0 Å². The maximum absolute atomic E-state index is 10.8. The summed E-state index contributed by atoms with van der Waals surface area (Å²) in [5, 5.41) is 19.8. The summed E-state index contributed by atoms with van der Waals surface area (Å²) in [6.07, 6.45) is 1.86. The van der Waals surface area contributed by atoms with Crippen LogP contribution >= 0.6 is 11.8 Å². The summed E-state index contributed by atoms with van der Waals surface area (Å²) in [5.74, 6) is -0.616. The van der Waals surface area contributed by atoms with Crippen LogP contribution in [0.2, 0.25) is 0 Å². The molecule has 98 valence electrons. The number of nitrogens with zero attached hydrogens (tertiary/aromatic N) is 2. The van der Waals surface area contributed by atoms with Crippen molar-refractivity contribution < 1.29 is 19.6 Å². The lowest BCUT2D eigenvalue weighted by molar-refractivity contribution is -0.388. The lowest BCUT2D eigenvalue weighted by Crippen LogP contribution is -2.02. The Morgan fingerprint density at radius 1 is 1.67 bits per heavy atom. The van der Waals surface area contributed by atoms with E-state index in [9.17, 15) is 14.9 Å². The number of ether oxygens (including phenoxy) is 1. The van der Waals surface area contributed by atoms with Gasteiger partial charge in [-0.3, -0.25) is 10.1 Å².